The largest absolute Gasteiger partial charge is 0.466 e. The van der Waals surface area contributed by atoms with Crippen LogP contribution in [0.25, 0.3) is 10.9 Å². The van der Waals surface area contributed by atoms with Gasteiger partial charge in [0.1, 0.15) is 5.69 Å². The Morgan fingerprint density at radius 2 is 2.10 bits per heavy atom. The fourth-order valence-corrected chi connectivity index (χ4v) is 3.72. The Balaban J connectivity index is 1.75. The summed E-state index contributed by atoms with van der Waals surface area (Å²) in [6.07, 6.45) is 1.60. The number of likely N-dealkylation sites (tertiary alicyclic amines) is 1. The highest BCUT2D eigenvalue weighted by atomic mass is 16.5. The van der Waals surface area contributed by atoms with Crippen molar-refractivity contribution >= 4 is 34.4 Å². The number of methoxy groups -OCH3 is 1. The molecule has 2 N–H and O–H groups in total. The molecular formula is C21H27N3O5. The molecule has 0 aliphatic carbocycles. The van der Waals surface area contributed by atoms with Gasteiger partial charge in [0.2, 0.25) is 5.91 Å². The summed E-state index contributed by atoms with van der Waals surface area (Å²) >= 11 is 0. The van der Waals surface area contributed by atoms with Gasteiger partial charge in [0.05, 0.1) is 31.9 Å². The number of H-pyrrole nitrogens is 1. The fourth-order valence-electron chi connectivity index (χ4n) is 3.72. The Hall–Kier alpha value is -2.87. The van der Waals surface area contributed by atoms with E-state index in [9.17, 15) is 14.4 Å². The fraction of sp³-hybridized carbons (Fsp3) is 0.476. The molecule has 1 aromatic carbocycles. The van der Waals surface area contributed by atoms with Crippen molar-refractivity contribution in [3.63, 3.8) is 0 Å². The predicted molar refractivity (Wildman–Crippen MR) is 109 cm³/mol. The molecule has 8 heteroatoms. The molecule has 1 saturated heterocycles. The van der Waals surface area contributed by atoms with E-state index < -0.39 is 5.97 Å². The van der Waals surface area contributed by atoms with Crippen LogP contribution in [0.2, 0.25) is 0 Å². The average molecular weight is 401 g/mol. The van der Waals surface area contributed by atoms with E-state index in [1.165, 1.54) is 7.11 Å². The third-order valence-corrected chi connectivity index (χ3v) is 5.10. The molecule has 0 bridgehead atoms. The Bertz CT molecular complexity index is 920. The highest BCUT2D eigenvalue weighted by molar-refractivity contribution is 6.11. The number of benzene rings is 1. The van der Waals surface area contributed by atoms with Gasteiger partial charge in [-0.15, -0.1) is 0 Å². The lowest BCUT2D eigenvalue weighted by Gasteiger charge is -2.30. The van der Waals surface area contributed by atoms with Crippen molar-refractivity contribution in [3.05, 3.63) is 29.5 Å². The van der Waals surface area contributed by atoms with Crippen LogP contribution in [0.5, 0.6) is 0 Å². The van der Waals surface area contributed by atoms with Crippen LogP contribution in [0.3, 0.4) is 0 Å². The number of carbonyl (C=O) groups is 3. The average Bonchev–Trinajstić information content (AvgIpc) is 3.05. The smallest absolute Gasteiger partial charge is 0.356 e. The van der Waals surface area contributed by atoms with Crippen molar-refractivity contribution < 1.29 is 23.9 Å². The first-order valence-corrected chi connectivity index (χ1v) is 9.82. The van der Waals surface area contributed by atoms with Gasteiger partial charge in [0.15, 0.2) is 0 Å². The maximum absolute atomic E-state index is 12.7. The second-order valence-corrected chi connectivity index (χ2v) is 7.29. The summed E-state index contributed by atoms with van der Waals surface area (Å²) in [4.78, 5) is 41.9. The van der Waals surface area contributed by atoms with Crippen molar-refractivity contribution in [1.82, 2.24) is 9.88 Å². The standard InChI is InChI=1S/C21H27N3O5/c1-4-29-20(26)14-6-5-9-24(11-14)12-17(25)23-18-15-10-13(2)7-8-16(15)22-19(18)21(27)28-3/h7-8,10,14,22H,4-6,9,11-12H2,1-3H3,(H,23,25)/t14-/m0/s1. The number of fused-ring (bicyclic) bond motifs is 1. The first kappa shape index (κ1) is 20.9. The summed E-state index contributed by atoms with van der Waals surface area (Å²) in [5.74, 6) is -1.22. The van der Waals surface area contributed by atoms with E-state index in [1.54, 1.807) is 6.92 Å². The van der Waals surface area contributed by atoms with Gasteiger partial charge >= 0.3 is 11.9 Å². The van der Waals surface area contributed by atoms with E-state index in [0.29, 0.717) is 18.8 Å². The van der Waals surface area contributed by atoms with Crippen LogP contribution >= 0.6 is 0 Å². The summed E-state index contributed by atoms with van der Waals surface area (Å²) in [6, 6.07) is 5.70. The van der Waals surface area contributed by atoms with Crippen molar-refractivity contribution in [2.75, 3.05) is 38.7 Å². The van der Waals surface area contributed by atoms with Crippen molar-refractivity contribution in [3.8, 4) is 0 Å². The van der Waals surface area contributed by atoms with Crippen molar-refractivity contribution in [2.45, 2.75) is 26.7 Å². The molecular weight excluding hydrogens is 374 g/mol. The number of esters is 2. The molecule has 0 saturated carbocycles. The minimum atomic E-state index is -0.547. The van der Waals surface area contributed by atoms with Crippen LogP contribution in [0.15, 0.2) is 18.2 Å². The number of aromatic nitrogens is 1. The van der Waals surface area contributed by atoms with E-state index in [0.717, 1.165) is 35.9 Å². The monoisotopic (exact) mass is 401 g/mol. The van der Waals surface area contributed by atoms with Gasteiger partial charge in [-0.3, -0.25) is 14.5 Å². The number of hydrogen-bond acceptors (Lipinski definition) is 6. The van der Waals surface area contributed by atoms with E-state index >= 15 is 0 Å². The van der Waals surface area contributed by atoms with E-state index in [4.69, 9.17) is 9.47 Å². The Kier molecular flexibility index (Phi) is 6.53. The van der Waals surface area contributed by atoms with Gasteiger partial charge in [-0.25, -0.2) is 4.79 Å². The minimum absolute atomic E-state index is 0.134. The van der Waals surface area contributed by atoms with E-state index in [2.05, 4.69) is 10.3 Å². The van der Waals surface area contributed by atoms with Gasteiger partial charge in [0, 0.05) is 17.4 Å². The molecule has 1 aliphatic rings. The molecule has 1 atom stereocenters. The number of piperidine rings is 1. The number of hydrogen-bond donors (Lipinski definition) is 2. The molecule has 1 aliphatic heterocycles. The zero-order valence-corrected chi connectivity index (χ0v) is 17.0. The molecule has 156 valence electrons. The van der Waals surface area contributed by atoms with Crippen LogP contribution in [0.1, 0.15) is 35.8 Å². The molecule has 0 radical (unpaired) electrons. The number of aryl methyl sites for hydroxylation is 1. The summed E-state index contributed by atoms with van der Waals surface area (Å²) in [7, 11) is 1.30. The van der Waals surface area contributed by atoms with Crippen LogP contribution in [-0.4, -0.2) is 61.1 Å². The number of carbonyl (C=O) groups excluding carboxylic acids is 3. The SMILES string of the molecule is CCOC(=O)[C@H]1CCCN(CC(=O)Nc2c(C(=O)OC)[nH]c3ccc(C)cc23)C1. The van der Waals surface area contributed by atoms with Gasteiger partial charge in [-0.1, -0.05) is 11.6 Å². The number of nitrogens with one attached hydrogen (secondary N) is 2. The molecule has 2 heterocycles. The molecule has 0 unspecified atom stereocenters. The van der Waals surface area contributed by atoms with E-state index in [-0.39, 0.29) is 30.0 Å². The zero-order chi connectivity index (χ0) is 21.0. The van der Waals surface area contributed by atoms with Crippen LogP contribution < -0.4 is 5.32 Å². The minimum Gasteiger partial charge on any atom is -0.466 e. The van der Waals surface area contributed by atoms with Crippen LogP contribution in [-0.2, 0) is 19.1 Å². The lowest BCUT2D eigenvalue weighted by molar-refractivity contribution is -0.150. The molecule has 0 spiro atoms. The topological polar surface area (TPSA) is 101 Å². The lowest BCUT2D eigenvalue weighted by Crippen LogP contribution is -2.43. The van der Waals surface area contributed by atoms with Gasteiger partial charge < -0.3 is 19.8 Å². The summed E-state index contributed by atoms with van der Waals surface area (Å²) < 4.78 is 9.96. The molecule has 29 heavy (non-hydrogen) atoms. The maximum Gasteiger partial charge on any atom is 0.356 e. The number of nitrogens with zero attached hydrogens (tertiary/aromatic N) is 1. The summed E-state index contributed by atoms with van der Waals surface area (Å²) in [5.41, 5.74) is 2.38. The number of rotatable bonds is 6. The van der Waals surface area contributed by atoms with Crippen LogP contribution in [0.4, 0.5) is 5.69 Å². The van der Waals surface area contributed by atoms with Gasteiger partial charge in [-0.2, -0.15) is 0 Å². The Morgan fingerprint density at radius 1 is 1.31 bits per heavy atom. The molecule has 1 amide bonds. The second-order valence-electron chi connectivity index (χ2n) is 7.29. The number of amides is 1. The molecule has 3 rings (SSSR count). The molecule has 2 aromatic rings. The molecule has 1 aromatic heterocycles. The molecule has 1 fully saturated rings. The zero-order valence-electron chi connectivity index (χ0n) is 17.0. The van der Waals surface area contributed by atoms with Crippen LogP contribution in [0, 0.1) is 12.8 Å². The highest BCUT2D eigenvalue weighted by Crippen LogP contribution is 2.29. The van der Waals surface area contributed by atoms with E-state index in [1.807, 2.05) is 30.0 Å². The normalized spacial score (nSPS) is 17.1. The Morgan fingerprint density at radius 3 is 2.83 bits per heavy atom. The number of ether oxygens (including phenoxy) is 2. The third-order valence-electron chi connectivity index (χ3n) is 5.10. The number of anilines is 1. The van der Waals surface area contributed by atoms with Gasteiger partial charge in [-0.05, 0) is 45.4 Å². The first-order chi connectivity index (χ1) is 13.9. The number of aromatic amines is 1. The summed E-state index contributed by atoms with van der Waals surface area (Å²) in [6.45, 7) is 5.44. The Labute approximate surface area is 169 Å². The highest BCUT2D eigenvalue weighted by Gasteiger charge is 2.28. The predicted octanol–water partition coefficient (Wildman–Crippen LogP) is 2.48. The van der Waals surface area contributed by atoms with Gasteiger partial charge in [0.25, 0.3) is 0 Å². The quantitative estimate of drug-likeness (QED) is 0.721. The van der Waals surface area contributed by atoms with Crippen molar-refractivity contribution in [2.24, 2.45) is 5.92 Å². The molecule has 8 nitrogen and oxygen atoms in total. The third kappa shape index (κ3) is 4.76. The second kappa shape index (κ2) is 9.09. The van der Waals surface area contributed by atoms with Crippen molar-refractivity contribution in [1.29, 1.82) is 0 Å². The maximum atomic E-state index is 12.7. The first-order valence-electron chi connectivity index (χ1n) is 9.82. The summed E-state index contributed by atoms with van der Waals surface area (Å²) in [5, 5.41) is 3.62. The lowest BCUT2D eigenvalue weighted by atomic mass is 9.98.